The SMILES string of the molecule is O=[N+]([O-])c1ccc(C=CC2=NOC(c3cc(Cl)cc(Cl)c3)(C(F)(F)F)C2)cc1. The van der Waals surface area contributed by atoms with Gasteiger partial charge in [0.05, 0.1) is 10.6 Å². The van der Waals surface area contributed by atoms with Gasteiger partial charge in [0.1, 0.15) is 0 Å². The van der Waals surface area contributed by atoms with Gasteiger partial charge < -0.3 is 4.84 Å². The van der Waals surface area contributed by atoms with Crippen LogP contribution in [0.15, 0.2) is 53.7 Å². The van der Waals surface area contributed by atoms with Gasteiger partial charge in [-0.1, -0.05) is 34.4 Å². The Morgan fingerprint density at radius 3 is 2.25 bits per heavy atom. The van der Waals surface area contributed by atoms with Gasteiger partial charge in [-0.15, -0.1) is 0 Å². The third-order valence-electron chi connectivity index (χ3n) is 4.11. The Hall–Kier alpha value is -2.58. The van der Waals surface area contributed by atoms with Gasteiger partial charge in [-0.3, -0.25) is 10.1 Å². The first-order valence-electron chi connectivity index (χ1n) is 7.82. The number of nitro benzene ring substituents is 1. The monoisotopic (exact) mass is 430 g/mol. The molecule has 1 unspecified atom stereocenters. The number of allylic oxidation sites excluding steroid dienone is 1. The average Bonchev–Trinajstić information content (AvgIpc) is 3.05. The van der Waals surface area contributed by atoms with Crippen molar-refractivity contribution in [3.8, 4) is 0 Å². The summed E-state index contributed by atoms with van der Waals surface area (Å²) >= 11 is 11.7. The Kier molecular flexibility index (Phi) is 5.36. The van der Waals surface area contributed by atoms with Crippen LogP contribution in [0.4, 0.5) is 18.9 Å². The minimum atomic E-state index is -4.77. The third-order valence-corrected chi connectivity index (χ3v) is 4.54. The van der Waals surface area contributed by atoms with Crippen LogP contribution in [0.25, 0.3) is 6.08 Å². The summed E-state index contributed by atoms with van der Waals surface area (Å²) in [5.74, 6) is 0. The quantitative estimate of drug-likeness (QED) is 0.431. The lowest BCUT2D eigenvalue weighted by Crippen LogP contribution is -2.42. The van der Waals surface area contributed by atoms with E-state index in [1.807, 2.05) is 0 Å². The van der Waals surface area contributed by atoms with Crippen molar-refractivity contribution in [2.45, 2.75) is 18.2 Å². The molecule has 1 aliphatic rings. The van der Waals surface area contributed by atoms with Crippen LogP contribution in [0.2, 0.25) is 10.0 Å². The van der Waals surface area contributed by atoms with Gasteiger partial charge in [0.25, 0.3) is 11.3 Å². The number of halogens is 5. The lowest BCUT2D eigenvalue weighted by molar-refractivity contribution is -0.384. The summed E-state index contributed by atoms with van der Waals surface area (Å²) in [6, 6.07) is 9.12. The first kappa shape index (κ1) is 20.2. The van der Waals surface area contributed by atoms with E-state index in [2.05, 4.69) is 5.16 Å². The minimum absolute atomic E-state index is 0.0459. The predicted molar refractivity (Wildman–Crippen MR) is 99.5 cm³/mol. The van der Waals surface area contributed by atoms with Gasteiger partial charge in [-0.25, -0.2) is 0 Å². The Bertz CT molecular complexity index is 955. The van der Waals surface area contributed by atoms with Gasteiger partial charge in [-0.05, 0) is 42.0 Å². The Balaban J connectivity index is 1.86. The maximum Gasteiger partial charge on any atom is 0.435 e. The van der Waals surface area contributed by atoms with Crippen LogP contribution >= 0.6 is 23.2 Å². The highest BCUT2D eigenvalue weighted by Crippen LogP contribution is 2.49. The van der Waals surface area contributed by atoms with E-state index in [1.54, 1.807) is 0 Å². The minimum Gasteiger partial charge on any atom is -0.374 e. The zero-order chi connectivity index (χ0) is 20.5. The van der Waals surface area contributed by atoms with E-state index in [-0.39, 0.29) is 27.0 Å². The van der Waals surface area contributed by atoms with E-state index in [0.29, 0.717) is 5.56 Å². The highest BCUT2D eigenvalue weighted by atomic mass is 35.5. The standard InChI is InChI=1S/C18H11Cl2F3N2O3/c19-13-7-12(8-14(20)9-13)17(18(21,22)23)10-15(24-28-17)4-1-11-2-5-16(6-3-11)25(26)27/h1-9H,10H2. The summed E-state index contributed by atoms with van der Waals surface area (Å²) in [6.45, 7) is 0. The molecule has 10 heteroatoms. The van der Waals surface area contributed by atoms with Crippen molar-refractivity contribution in [1.29, 1.82) is 0 Å². The molecule has 0 aromatic heterocycles. The lowest BCUT2D eigenvalue weighted by atomic mass is 9.88. The molecule has 146 valence electrons. The second-order valence-corrected chi connectivity index (χ2v) is 6.89. The third kappa shape index (κ3) is 3.98. The van der Waals surface area contributed by atoms with Crippen LogP contribution in [0.3, 0.4) is 0 Å². The number of nitro groups is 1. The molecule has 5 nitrogen and oxygen atoms in total. The molecule has 1 heterocycles. The van der Waals surface area contributed by atoms with Crippen molar-refractivity contribution in [2.24, 2.45) is 5.16 Å². The molecule has 28 heavy (non-hydrogen) atoms. The molecule has 0 amide bonds. The highest BCUT2D eigenvalue weighted by Gasteiger charge is 2.62. The van der Waals surface area contributed by atoms with Crippen LogP contribution in [-0.4, -0.2) is 16.8 Å². The average molecular weight is 431 g/mol. The number of alkyl halides is 3. The fraction of sp³-hybridized carbons (Fsp3) is 0.167. The molecule has 0 fully saturated rings. The van der Waals surface area contributed by atoms with Crippen LogP contribution in [0.5, 0.6) is 0 Å². The molecule has 1 atom stereocenters. The summed E-state index contributed by atoms with van der Waals surface area (Å²) in [4.78, 5) is 15.0. The van der Waals surface area contributed by atoms with E-state index >= 15 is 0 Å². The topological polar surface area (TPSA) is 64.7 Å². The lowest BCUT2D eigenvalue weighted by Gasteiger charge is -2.29. The van der Waals surface area contributed by atoms with Crippen molar-refractivity contribution < 1.29 is 22.9 Å². The normalized spacial score (nSPS) is 19.5. The van der Waals surface area contributed by atoms with Gasteiger partial charge in [-0.2, -0.15) is 13.2 Å². The molecular formula is C18H11Cl2F3N2O3. The summed E-state index contributed by atoms with van der Waals surface area (Å²) < 4.78 is 41.5. The Morgan fingerprint density at radius 1 is 1.11 bits per heavy atom. The largest absolute Gasteiger partial charge is 0.435 e. The summed E-state index contributed by atoms with van der Waals surface area (Å²) in [7, 11) is 0. The number of benzene rings is 2. The maximum absolute atomic E-state index is 13.8. The molecule has 3 rings (SSSR count). The Morgan fingerprint density at radius 2 is 1.71 bits per heavy atom. The van der Waals surface area contributed by atoms with E-state index in [1.165, 1.54) is 42.5 Å². The van der Waals surface area contributed by atoms with Crippen LogP contribution in [-0.2, 0) is 10.4 Å². The first-order valence-corrected chi connectivity index (χ1v) is 8.57. The van der Waals surface area contributed by atoms with Crippen molar-refractivity contribution in [1.82, 2.24) is 0 Å². The van der Waals surface area contributed by atoms with E-state index in [0.717, 1.165) is 12.1 Å². The van der Waals surface area contributed by atoms with Crippen molar-refractivity contribution in [2.75, 3.05) is 0 Å². The number of hydrogen-bond donors (Lipinski definition) is 0. The van der Waals surface area contributed by atoms with E-state index < -0.39 is 23.1 Å². The molecule has 0 spiro atoms. The van der Waals surface area contributed by atoms with Gasteiger partial charge in [0.2, 0.25) is 0 Å². The molecular weight excluding hydrogens is 420 g/mol. The highest BCUT2D eigenvalue weighted by molar-refractivity contribution is 6.34. The summed E-state index contributed by atoms with van der Waals surface area (Å²) in [5, 5.41) is 14.3. The molecule has 0 aliphatic carbocycles. The maximum atomic E-state index is 13.8. The molecule has 0 saturated carbocycles. The second-order valence-electron chi connectivity index (χ2n) is 6.02. The fourth-order valence-corrected chi connectivity index (χ4v) is 3.23. The smallest absolute Gasteiger partial charge is 0.374 e. The number of nitrogens with zero attached hydrogens (tertiary/aromatic N) is 2. The van der Waals surface area contributed by atoms with E-state index in [9.17, 15) is 23.3 Å². The molecule has 0 radical (unpaired) electrons. The van der Waals surface area contributed by atoms with Crippen LogP contribution in [0, 0.1) is 10.1 Å². The second kappa shape index (κ2) is 7.44. The van der Waals surface area contributed by atoms with Crippen LogP contribution in [0.1, 0.15) is 17.5 Å². The Labute approximate surface area is 167 Å². The van der Waals surface area contributed by atoms with E-state index in [4.69, 9.17) is 28.0 Å². The number of rotatable bonds is 4. The van der Waals surface area contributed by atoms with Gasteiger partial charge in [0.15, 0.2) is 0 Å². The fourth-order valence-electron chi connectivity index (χ4n) is 2.70. The molecule has 0 N–H and O–H groups in total. The number of hydrogen-bond acceptors (Lipinski definition) is 4. The molecule has 0 bridgehead atoms. The number of non-ortho nitro benzene ring substituents is 1. The van der Waals surface area contributed by atoms with Crippen LogP contribution < -0.4 is 0 Å². The van der Waals surface area contributed by atoms with Gasteiger partial charge >= 0.3 is 6.18 Å². The molecule has 2 aromatic carbocycles. The predicted octanol–water partition coefficient (Wildman–Crippen LogP) is 6.15. The molecule has 2 aromatic rings. The van der Waals surface area contributed by atoms with Crippen molar-refractivity contribution in [3.05, 3.63) is 79.8 Å². The molecule has 1 aliphatic heterocycles. The zero-order valence-electron chi connectivity index (χ0n) is 13.9. The first-order chi connectivity index (χ1) is 13.1. The zero-order valence-corrected chi connectivity index (χ0v) is 15.4. The summed E-state index contributed by atoms with van der Waals surface area (Å²) in [5.41, 5.74) is -2.43. The number of oxime groups is 1. The van der Waals surface area contributed by atoms with Crippen molar-refractivity contribution >= 4 is 40.7 Å². The molecule has 0 saturated heterocycles. The summed E-state index contributed by atoms with van der Waals surface area (Å²) in [6.07, 6.45) is -2.49. The van der Waals surface area contributed by atoms with Crippen molar-refractivity contribution in [3.63, 3.8) is 0 Å². The van der Waals surface area contributed by atoms with Gasteiger partial charge in [0, 0.05) is 34.2 Å².